The van der Waals surface area contributed by atoms with Gasteiger partial charge in [0.05, 0.1) is 18.8 Å². The lowest BCUT2D eigenvalue weighted by molar-refractivity contribution is -0.145. The molecule has 4 rings (SSSR count). The van der Waals surface area contributed by atoms with Crippen LogP contribution in [-0.2, 0) is 18.6 Å². The summed E-state index contributed by atoms with van der Waals surface area (Å²) < 4.78 is 28.3. The first-order chi connectivity index (χ1) is 18.1. The summed E-state index contributed by atoms with van der Waals surface area (Å²) in [7, 11) is -4.67. The Kier molecular flexibility index (Phi) is 10.3. The van der Waals surface area contributed by atoms with Gasteiger partial charge in [0, 0.05) is 12.8 Å². The van der Waals surface area contributed by atoms with E-state index < -0.39 is 20.0 Å². The van der Waals surface area contributed by atoms with Crippen LogP contribution in [0.4, 0.5) is 0 Å². The molecule has 0 radical (unpaired) electrons. The number of carbonyl (C=O) groups is 1. The van der Waals surface area contributed by atoms with E-state index in [-0.39, 0.29) is 42.2 Å². The van der Waals surface area contributed by atoms with Gasteiger partial charge in [0.15, 0.2) is 0 Å². The minimum Gasteiger partial charge on any atom is -0.493 e. The summed E-state index contributed by atoms with van der Waals surface area (Å²) in [6, 6.07) is 9.70. The monoisotopic (exact) mass is 552 g/mol. The van der Waals surface area contributed by atoms with E-state index in [0.29, 0.717) is 24.9 Å². The van der Waals surface area contributed by atoms with E-state index >= 15 is 0 Å². The molecular formula is C29H45O8P. The summed E-state index contributed by atoms with van der Waals surface area (Å²) in [5.41, 5.74) is 0. The fraction of sp³-hybridized carbons (Fsp3) is 0.759. The van der Waals surface area contributed by atoms with Gasteiger partial charge in [-0.05, 0) is 99.0 Å². The zero-order valence-corrected chi connectivity index (χ0v) is 23.6. The van der Waals surface area contributed by atoms with E-state index in [2.05, 4.69) is 13.8 Å². The van der Waals surface area contributed by atoms with Crippen LogP contribution in [0.25, 0.3) is 0 Å². The smallest absolute Gasteiger partial charge is 0.469 e. The summed E-state index contributed by atoms with van der Waals surface area (Å²) in [5.74, 6) is 1.82. The molecule has 8 atom stereocenters. The average molecular weight is 553 g/mol. The highest BCUT2D eigenvalue weighted by atomic mass is 31.2. The van der Waals surface area contributed by atoms with Gasteiger partial charge in [-0.3, -0.25) is 9.32 Å². The molecule has 38 heavy (non-hydrogen) atoms. The van der Waals surface area contributed by atoms with Crippen molar-refractivity contribution in [1.29, 1.82) is 0 Å². The van der Waals surface area contributed by atoms with Gasteiger partial charge in [0.1, 0.15) is 11.9 Å². The van der Waals surface area contributed by atoms with Crippen molar-refractivity contribution in [2.45, 2.75) is 96.4 Å². The van der Waals surface area contributed by atoms with Crippen molar-refractivity contribution >= 4 is 13.8 Å². The highest BCUT2D eigenvalue weighted by molar-refractivity contribution is 7.46. The molecule has 3 aliphatic carbocycles. The van der Waals surface area contributed by atoms with Crippen LogP contribution < -0.4 is 4.74 Å². The number of benzene rings is 1. The number of hydrogen-bond donors (Lipinski definition) is 3. The number of rotatable bonds is 15. The molecule has 3 N–H and O–H groups in total. The Bertz CT molecular complexity index is 932. The van der Waals surface area contributed by atoms with E-state index in [1.165, 1.54) is 0 Å². The van der Waals surface area contributed by atoms with Crippen LogP contribution in [-0.4, -0.2) is 45.8 Å². The minimum atomic E-state index is -4.67. The molecule has 0 heterocycles. The Morgan fingerprint density at radius 2 is 1.79 bits per heavy atom. The lowest BCUT2D eigenvalue weighted by Crippen LogP contribution is -2.36. The maximum atomic E-state index is 11.9. The molecule has 0 bridgehead atoms. The number of aliphatic hydroxyl groups is 1. The predicted molar refractivity (Wildman–Crippen MR) is 143 cm³/mol. The Hall–Kier alpha value is -1.44. The molecule has 0 aromatic heterocycles. The molecule has 0 aliphatic heterocycles. The van der Waals surface area contributed by atoms with E-state index in [1.54, 1.807) is 0 Å². The van der Waals surface area contributed by atoms with Gasteiger partial charge in [-0.2, -0.15) is 0 Å². The second-order valence-electron chi connectivity index (χ2n) is 12.0. The second-order valence-corrected chi connectivity index (χ2v) is 13.2. The molecule has 1 aromatic rings. The van der Waals surface area contributed by atoms with Crippen LogP contribution in [0.5, 0.6) is 5.75 Å². The van der Waals surface area contributed by atoms with Gasteiger partial charge in [-0.15, -0.1) is 0 Å². The van der Waals surface area contributed by atoms with Gasteiger partial charge < -0.3 is 24.4 Å². The van der Waals surface area contributed by atoms with Gasteiger partial charge in [0.25, 0.3) is 0 Å². The zero-order chi connectivity index (χ0) is 27.3. The number of carbonyl (C=O) groups excluding carboxylic acids is 1. The van der Waals surface area contributed by atoms with Crippen LogP contribution in [0, 0.1) is 35.5 Å². The first-order valence-corrected chi connectivity index (χ1v) is 15.9. The molecular weight excluding hydrogens is 507 g/mol. The molecule has 0 saturated heterocycles. The first kappa shape index (κ1) is 29.5. The molecule has 3 saturated carbocycles. The number of para-hydroxylation sites is 1. The van der Waals surface area contributed by atoms with Crippen molar-refractivity contribution in [1.82, 2.24) is 0 Å². The molecule has 3 aliphatic rings. The zero-order valence-electron chi connectivity index (χ0n) is 22.7. The first-order valence-electron chi connectivity index (χ1n) is 14.4. The van der Waals surface area contributed by atoms with E-state index in [1.807, 2.05) is 30.3 Å². The fourth-order valence-electron chi connectivity index (χ4n) is 6.74. The second kappa shape index (κ2) is 13.3. The van der Waals surface area contributed by atoms with Crippen LogP contribution >= 0.6 is 7.82 Å². The Labute approximate surface area is 226 Å². The van der Waals surface area contributed by atoms with Crippen molar-refractivity contribution in [2.75, 3.05) is 6.61 Å². The van der Waals surface area contributed by atoms with E-state index in [0.717, 1.165) is 57.1 Å². The number of hydrogen-bond acceptors (Lipinski definition) is 6. The van der Waals surface area contributed by atoms with Crippen LogP contribution in [0.3, 0.4) is 0 Å². The van der Waals surface area contributed by atoms with Gasteiger partial charge in [-0.1, -0.05) is 32.0 Å². The molecule has 0 amide bonds. The van der Waals surface area contributed by atoms with Gasteiger partial charge >= 0.3 is 13.8 Å². The average Bonchev–Trinajstić information content (AvgIpc) is 3.59. The molecule has 8 unspecified atom stereocenters. The number of ether oxygens (including phenoxy) is 2. The number of phosphoric ester groups is 1. The summed E-state index contributed by atoms with van der Waals surface area (Å²) in [5, 5.41) is 11.1. The summed E-state index contributed by atoms with van der Waals surface area (Å²) in [6.07, 6.45) is 7.04. The summed E-state index contributed by atoms with van der Waals surface area (Å²) in [6.45, 7) is 4.83. The van der Waals surface area contributed by atoms with Crippen molar-refractivity contribution in [2.24, 2.45) is 35.5 Å². The molecule has 214 valence electrons. The minimum absolute atomic E-state index is 0.0968. The van der Waals surface area contributed by atoms with Crippen molar-refractivity contribution in [3.63, 3.8) is 0 Å². The van der Waals surface area contributed by atoms with Crippen LogP contribution in [0.15, 0.2) is 30.3 Å². The third-order valence-corrected chi connectivity index (χ3v) is 9.35. The largest absolute Gasteiger partial charge is 0.493 e. The van der Waals surface area contributed by atoms with Crippen molar-refractivity contribution < 1.29 is 38.3 Å². The maximum Gasteiger partial charge on any atom is 0.469 e. The van der Waals surface area contributed by atoms with Gasteiger partial charge in [0.2, 0.25) is 0 Å². The van der Waals surface area contributed by atoms with E-state index in [4.69, 9.17) is 14.0 Å². The maximum absolute atomic E-state index is 11.9. The molecule has 3 fully saturated rings. The van der Waals surface area contributed by atoms with Crippen LogP contribution in [0.1, 0.15) is 78.1 Å². The summed E-state index contributed by atoms with van der Waals surface area (Å²) in [4.78, 5) is 31.1. The molecule has 9 heteroatoms. The predicted octanol–water partition coefficient (Wildman–Crippen LogP) is 5.49. The summed E-state index contributed by atoms with van der Waals surface area (Å²) >= 11 is 0. The van der Waals surface area contributed by atoms with Crippen molar-refractivity contribution in [3.05, 3.63) is 30.3 Å². The fourth-order valence-corrected chi connectivity index (χ4v) is 7.34. The molecule has 1 aromatic carbocycles. The third-order valence-electron chi connectivity index (χ3n) is 8.80. The number of esters is 1. The highest BCUT2D eigenvalue weighted by Crippen LogP contribution is 2.53. The molecule has 8 nitrogen and oxygen atoms in total. The lowest BCUT2D eigenvalue weighted by atomic mass is 9.65. The quantitative estimate of drug-likeness (QED) is 0.193. The van der Waals surface area contributed by atoms with Crippen LogP contribution in [0.2, 0.25) is 0 Å². The number of phosphoric acid groups is 1. The topological polar surface area (TPSA) is 123 Å². The highest BCUT2D eigenvalue weighted by Gasteiger charge is 2.49. The Morgan fingerprint density at radius 3 is 2.42 bits per heavy atom. The van der Waals surface area contributed by atoms with Crippen molar-refractivity contribution in [3.8, 4) is 5.75 Å². The standard InChI is InChI=1S/C29H45O8P/c1-19(18-35-23-8-4-3-5-9-23)15-20(2)29-25(27(17-26(29)30)37-38(32,33)34)16-22-12-11-21(22)7-6-10-28(31)36-24-13-14-24/h3-5,8-9,19-22,24-27,29-30H,6-7,10-18H2,1-2H3,(H2,32,33,34). The Balaban J connectivity index is 1.32. The third kappa shape index (κ3) is 8.79. The van der Waals surface area contributed by atoms with E-state index in [9.17, 15) is 24.3 Å². The number of aliphatic hydroxyl groups excluding tert-OH is 1. The van der Waals surface area contributed by atoms with Gasteiger partial charge in [-0.25, -0.2) is 4.57 Å². The SMILES string of the molecule is CC(COc1ccccc1)CC(C)C1C(O)CC(OP(=O)(O)O)C1CC1CCC1CCCC(=O)OC1CC1. The molecule has 0 spiro atoms. The lowest BCUT2D eigenvalue weighted by Gasteiger charge is -2.41. The Morgan fingerprint density at radius 1 is 1.08 bits per heavy atom. The normalized spacial score (nSPS) is 30.9.